The molecular weight excluding hydrogens is 482 g/mol. The van der Waals surface area contributed by atoms with Crippen LogP contribution in [0.1, 0.15) is 29.3 Å². The number of rotatable bonds is 8. The van der Waals surface area contributed by atoms with E-state index in [2.05, 4.69) is 10.9 Å². The van der Waals surface area contributed by atoms with E-state index in [0.29, 0.717) is 30.3 Å². The second kappa shape index (κ2) is 11.1. The van der Waals surface area contributed by atoms with Crippen molar-refractivity contribution >= 4 is 27.5 Å². The number of carbonyl (C=O) groups excluding carboxylic acids is 2. The smallest absolute Gasteiger partial charge is 0.276 e. The molecular formula is C26H27N3O6S. The van der Waals surface area contributed by atoms with Crippen molar-refractivity contribution in [3.8, 4) is 11.5 Å². The van der Waals surface area contributed by atoms with Crippen LogP contribution in [0.4, 0.5) is 5.69 Å². The summed E-state index contributed by atoms with van der Waals surface area (Å²) in [5.41, 5.74) is 6.44. The molecule has 0 atom stereocenters. The molecule has 0 radical (unpaired) electrons. The first kappa shape index (κ1) is 25.1. The number of hydrazine groups is 1. The third-order valence-corrected chi connectivity index (χ3v) is 7.42. The molecule has 1 aliphatic heterocycles. The van der Waals surface area contributed by atoms with E-state index in [-0.39, 0.29) is 17.1 Å². The highest BCUT2D eigenvalue weighted by molar-refractivity contribution is 7.92. The largest absolute Gasteiger partial charge is 0.490 e. The van der Waals surface area contributed by atoms with Crippen LogP contribution < -0.4 is 24.6 Å². The van der Waals surface area contributed by atoms with Crippen molar-refractivity contribution in [2.75, 3.05) is 24.1 Å². The molecule has 188 valence electrons. The highest BCUT2D eigenvalue weighted by atomic mass is 32.2. The third kappa shape index (κ3) is 5.60. The predicted molar refractivity (Wildman–Crippen MR) is 134 cm³/mol. The number of anilines is 1. The number of nitrogens with one attached hydrogen (secondary N) is 2. The van der Waals surface area contributed by atoms with Crippen LogP contribution in [0.2, 0.25) is 0 Å². The molecule has 9 nitrogen and oxygen atoms in total. The number of fused-ring (bicyclic) bond motifs is 1. The minimum atomic E-state index is -3.78. The van der Waals surface area contributed by atoms with Gasteiger partial charge in [0.25, 0.3) is 21.8 Å². The van der Waals surface area contributed by atoms with E-state index in [1.807, 2.05) is 25.1 Å². The van der Waals surface area contributed by atoms with Crippen LogP contribution in [0.25, 0.3) is 0 Å². The monoisotopic (exact) mass is 509 g/mol. The number of carbonyl (C=O) groups is 2. The Morgan fingerprint density at radius 3 is 2.28 bits per heavy atom. The first-order chi connectivity index (χ1) is 17.4. The highest BCUT2D eigenvalue weighted by Gasteiger charge is 2.29. The maximum Gasteiger partial charge on any atom is 0.276 e. The van der Waals surface area contributed by atoms with Crippen molar-refractivity contribution in [1.82, 2.24) is 10.9 Å². The Bertz CT molecular complexity index is 1340. The zero-order chi connectivity index (χ0) is 25.5. The minimum absolute atomic E-state index is 0.0844. The lowest BCUT2D eigenvalue weighted by molar-refractivity contribution is -0.123. The Morgan fingerprint density at radius 2 is 1.56 bits per heavy atom. The van der Waals surface area contributed by atoms with E-state index < -0.39 is 21.8 Å². The third-order valence-electron chi connectivity index (χ3n) is 5.60. The minimum Gasteiger partial charge on any atom is -0.490 e. The molecule has 1 heterocycles. The summed E-state index contributed by atoms with van der Waals surface area (Å²) >= 11 is 0. The van der Waals surface area contributed by atoms with E-state index in [0.717, 1.165) is 18.4 Å². The maximum atomic E-state index is 13.2. The molecule has 0 saturated heterocycles. The molecule has 0 aliphatic carbocycles. The Labute approximate surface area is 210 Å². The lowest BCUT2D eigenvalue weighted by Crippen LogP contribution is -2.43. The summed E-state index contributed by atoms with van der Waals surface area (Å²) in [6, 6.07) is 20.0. The fourth-order valence-electron chi connectivity index (χ4n) is 3.88. The molecule has 1 aliphatic rings. The number of benzene rings is 3. The highest BCUT2D eigenvalue weighted by Crippen LogP contribution is 2.31. The lowest BCUT2D eigenvalue weighted by atomic mass is 10.0. The number of hydrogen-bond donors (Lipinski definition) is 2. The van der Waals surface area contributed by atoms with Crippen LogP contribution in [0.5, 0.6) is 11.5 Å². The summed E-state index contributed by atoms with van der Waals surface area (Å²) in [7, 11) is -3.78. The average Bonchev–Trinajstić information content (AvgIpc) is 2.91. The van der Waals surface area contributed by atoms with Crippen LogP contribution in [0.15, 0.2) is 77.7 Å². The fourth-order valence-corrected chi connectivity index (χ4v) is 5.42. The van der Waals surface area contributed by atoms with Crippen LogP contribution >= 0.6 is 0 Å². The number of nitrogens with zero attached hydrogens (tertiary/aromatic N) is 1. The lowest BCUT2D eigenvalue weighted by Gasteiger charge is -2.30. The SMILES string of the molecule is CCOc1ccccc1OCC(=O)NNC(=O)c1ccc(S(=O)(=O)N2CCCc3ccccc32)cc1. The normalized spacial score (nSPS) is 12.9. The van der Waals surface area contributed by atoms with Gasteiger partial charge in [-0.15, -0.1) is 0 Å². The Hall–Kier alpha value is -4.05. The summed E-state index contributed by atoms with van der Waals surface area (Å²) in [5.74, 6) is -0.239. The van der Waals surface area contributed by atoms with E-state index in [1.165, 1.54) is 28.6 Å². The van der Waals surface area contributed by atoms with Crippen molar-refractivity contribution < 1.29 is 27.5 Å². The summed E-state index contributed by atoms with van der Waals surface area (Å²) in [6.07, 6.45) is 1.56. The van der Waals surface area contributed by atoms with E-state index in [9.17, 15) is 18.0 Å². The maximum absolute atomic E-state index is 13.2. The van der Waals surface area contributed by atoms with Crippen LogP contribution in [0.3, 0.4) is 0 Å². The van der Waals surface area contributed by atoms with Gasteiger partial charge >= 0.3 is 0 Å². The number of sulfonamides is 1. The number of hydrogen-bond acceptors (Lipinski definition) is 6. The zero-order valence-corrected chi connectivity index (χ0v) is 20.6. The Morgan fingerprint density at radius 1 is 0.889 bits per heavy atom. The number of amides is 2. The standard InChI is InChI=1S/C26H27N3O6S/c1-2-34-23-11-5-6-12-24(23)35-18-25(30)27-28-26(31)20-13-15-21(16-14-20)36(32,33)29-17-7-9-19-8-3-4-10-22(19)29/h3-6,8,10-16H,2,7,9,17-18H2,1H3,(H,27,30)(H,28,31). The first-order valence-corrected chi connectivity index (χ1v) is 13.0. The van der Waals surface area contributed by atoms with Gasteiger partial charge in [0.1, 0.15) is 0 Å². The van der Waals surface area contributed by atoms with Crippen molar-refractivity contribution in [3.05, 3.63) is 83.9 Å². The number of aryl methyl sites for hydroxylation is 1. The molecule has 0 unspecified atom stereocenters. The summed E-state index contributed by atoms with van der Waals surface area (Å²) < 4.78 is 38.8. The van der Waals surface area contributed by atoms with E-state index in [4.69, 9.17) is 9.47 Å². The molecule has 0 spiro atoms. The average molecular weight is 510 g/mol. The van der Waals surface area contributed by atoms with Gasteiger partial charge in [0.05, 0.1) is 17.2 Å². The molecule has 0 bridgehead atoms. The van der Waals surface area contributed by atoms with Gasteiger partial charge in [-0.25, -0.2) is 8.42 Å². The molecule has 3 aromatic rings. The quantitative estimate of drug-likeness (QED) is 0.451. The summed E-state index contributed by atoms with van der Waals surface area (Å²) in [6.45, 7) is 2.35. The van der Waals surface area contributed by atoms with Crippen molar-refractivity contribution in [2.45, 2.75) is 24.7 Å². The van der Waals surface area contributed by atoms with Gasteiger partial charge in [-0.3, -0.25) is 24.7 Å². The fraction of sp³-hybridized carbons (Fsp3) is 0.231. The Balaban J connectivity index is 1.34. The van der Waals surface area contributed by atoms with Crippen LogP contribution in [-0.2, 0) is 21.2 Å². The van der Waals surface area contributed by atoms with Crippen molar-refractivity contribution in [2.24, 2.45) is 0 Å². The molecule has 10 heteroatoms. The molecule has 0 fully saturated rings. The van der Waals surface area contributed by atoms with Gasteiger partial charge in [0.2, 0.25) is 0 Å². The molecule has 4 rings (SSSR count). The van der Waals surface area contributed by atoms with Gasteiger partial charge in [-0.05, 0) is 67.8 Å². The first-order valence-electron chi connectivity index (χ1n) is 11.5. The topological polar surface area (TPSA) is 114 Å². The van der Waals surface area contributed by atoms with Crippen LogP contribution in [-0.4, -0.2) is 40.0 Å². The number of para-hydroxylation sites is 3. The van der Waals surface area contributed by atoms with Gasteiger partial charge in [-0.2, -0.15) is 0 Å². The van der Waals surface area contributed by atoms with Crippen molar-refractivity contribution in [1.29, 1.82) is 0 Å². The molecule has 2 amide bonds. The summed E-state index contributed by atoms with van der Waals surface area (Å²) in [4.78, 5) is 24.6. The number of ether oxygens (including phenoxy) is 2. The molecule has 36 heavy (non-hydrogen) atoms. The molecule has 0 saturated carbocycles. The van der Waals surface area contributed by atoms with E-state index >= 15 is 0 Å². The van der Waals surface area contributed by atoms with Gasteiger partial charge < -0.3 is 9.47 Å². The van der Waals surface area contributed by atoms with Gasteiger partial charge in [0.15, 0.2) is 18.1 Å². The second-order valence-electron chi connectivity index (χ2n) is 8.00. The zero-order valence-electron chi connectivity index (χ0n) is 19.8. The molecule has 2 N–H and O–H groups in total. The van der Waals surface area contributed by atoms with Gasteiger partial charge in [-0.1, -0.05) is 30.3 Å². The molecule has 0 aromatic heterocycles. The van der Waals surface area contributed by atoms with Crippen molar-refractivity contribution in [3.63, 3.8) is 0 Å². The van der Waals surface area contributed by atoms with Gasteiger partial charge in [0, 0.05) is 12.1 Å². The second-order valence-corrected chi connectivity index (χ2v) is 9.87. The summed E-state index contributed by atoms with van der Waals surface area (Å²) in [5, 5.41) is 0. The predicted octanol–water partition coefficient (Wildman–Crippen LogP) is 3.07. The Kier molecular flexibility index (Phi) is 7.74. The van der Waals surface area contributed by atoms with E-state index in [1.54, 1.807) is 30.3 Å². The van der Waals surface area contributed by atoms with Crippen LogP contribution in [0, 0.1) is 0 Å². The molecule has 3 aromatic carbocycles.